The van der Waals surface area contributed by atoms with E-state index in [4.69, 9.17) is 15.6 Å². The van der Waals surface area contributed by atoms with Crippen LogP contribution in [0.2, 0.25) is 0 Å². The van der Waals surface area contributed by atoms with Crippen molar-refractivity contribution in [1.29, 1.82) is 0 Å². The summed E-state index contributed by atoms with van der Waals surface area (Å²) in [5.74, 6) is 0.624. The van der Waals surface area contributed by atoms with E-state index in [1.54, 1.807) is 6.92 Å². The highest BCUT2D eigenvalue weighted by atomic mass is 16.5. The number of allylic oxidation sites excluding steroid dienone is 1. The molecule has 3 heteroatoms. The molecule has 0 rings (SSSR count). The molecule has 1 unspecified atom stereocenters. The third kappa shape index (κ3) is 5.33. The van der Waals surface area contributed by atoms with Crippen molar-refractivity contribution in [3.8, 4) is 0 Å². The highest BCUT2D eigenvalue weighted by Gasteiger charge is 1.98. The first-order valence-electron chi connectivity index (χ1n) is 2.81. The molecule has 0 radical (unpaired) electrons. The van der Waals surface area contributed by atoms with Crippen LogP contribution in [0.15, 0.2) is 12.3 Å². The predicted octanol–water partition coefficient (Wildman–Crippen LogP) is -0.144. The van der Waals surface area contributed by atoms with Gasteiger partial charge in [-0.1, -0.05) is 6.58 Å². The fraction of sp³-hybridized carbons (Fsp3) is 0.667. The normalized spacial score (nSPS) is 12.8. The zero-order valence-electron chi connectivity index (χ0n) is 5.63. The van der Waals surface area contributed by atoms with Gasteiger partial charge in [0.25, 0.3) is 0 Å². The van der Waals surface area contributed by atoms with E-state index >= 15 is 0 Å². The molecule has 3 nitrogen and oxygen atoms in total. The maximum absolute atomic E-state index is 8.41. The Bertz CT molecular complexity index is 93.1. The van der Waals surface area contributed by atoms with Crippen molar-refractivity contribution in [2.75, 3.05) is 13.2 Å². The molecule has 0 aromatic heterocycles. The summed E-state index contributed by atoms with van der Waals surface area (Å²) >= 11 is 0. The fourth-order valence-corrected chi connectivity index (χ4v) is 0.302. The molecular formula is C6H13NO2. The van der Waals surface area contributed by atoms with Crippen molar-refractivity contribution in [2.45, 2.75) is 13.0 Å². The first-order valence-corrected chi connectivity index (χ1v) is 2.81. The zero-order chi connectivity index (χ0) is 7.28. The summed E-state index contributed by atoms with van der Waals surface area (Å²) in [6.45, 7) is 5.53. The Kier molecular flexibility index (Phi) is 4.09. The lowest BCUT2D eigenvalue weighted by Crippen LogP contribution is -2.29. The van der Waals surface area contributed by atoms with Crippen molar-refractivity contribution >= 4 is 0 Å². The van der Waals surface area contributed by atoms with Crippen molar-refractivity contribution < 1.29 is 9.84 Å². The van der Waals surface area contributed by atoms with Crippen LogP contribution in [0.3, 0.4) is 0 Å². The molecule has 0 aliphatic rings. The number of aliphatic hydroxyl groups is 1. The lowest BCUT2D eigenvalue weighted by atomic mass is 10.4. The zero-order valence-corrected chi connectivity index (χ0v) is 5.63. The van der Waals surface area contributed by atoms with Crippen molar-refractivity contribution in [3.63, 3.8) is 0 Å². The molecule has 54 valence electrons. The minimum atomic E-state index is -0.290. The lowest BCUT2D eigenvalue weighted by molar-refractivity contribution is 0.157. The van der Waals surface area contributed by atoms with Gasteiger partial charge in [-0.3, -0.25) is 0 Å². The molecule has 0 fully saturated rings. The number of hydrogen-bond donors (Lipinski definition) is 2. The number of nitrogens with two attached hydrogens (primary N) is 1. The predicted molar refractivity (Wildman–Crippen MR) is 35.8 cm³/mol. The van der Waals surface area contributed by atoms with Crippen LogP contribution in [0.25, 0.3) is 0 Å². The van der Waals surface area contributed by atoms with Gasteiger partial charge in [-0.05, 0) is 6.92 Å². The summed E-state index contributed by atoms with van der Waals surface area (Å²) in [5.41, 5.74) is 5.31. The molecule has 0 amide bonds. The maximum atomic E-state index is 8.41. The van der Waals surface area contributed by atoms with E-state index in [9.17, 15) is 0 Å². The Balaban J connectivity index is 3.16. The Morgan fingerprint density at radius 3 is 2.78 bits per heavy atom. The van der Waals surface area contributed by atoms with Crippen LogP contribution in [-0.2, 0) is 4.74 Å². The van der Waals surface area contributed by atoms with E-state index in [0.717, 1.165) is 0 Å². The van der Waals surface area contributed by atoms with Gasteiger partial charge in [0.05, 0.1) is 18.4 Å². The maximum Gasteiger partial charge on any atom is 0.105 e. The second-order valence-electron chi connectivity index (χ2n) is 1.96. The van der Waals surface area contributed by atoms with Gasteiger partial charge in [0.15, 0.2) is 0 Å². The van der Waals surface area contributed by atoms with Gasteiger partial charge >= 0.3 is 0 Å². The van der Waals surface area contributed by atoms with Gasteiger partial charge in [-0.15, -0.1) is 0 Å². The van der Waals surface area contributed by atoms with Crippen molar-refractivity contribution in [2.24, 2.45) is 5.73 Å². The van der Waals surface area contributed by atoms with E-state index in [0.29, 0.717) is 12.4 Å². The number of aliphatic hydroxyl groups excluding tert-OH is 1. The van der Waals surface area contributed by atoms with Crippen LogP contribution in [0.5, 0.6) is 0 Å². The highest BCUT2D eigenvalue weighted by molar-refractivity contribution is 4.74. The van der Waals surface area contributed by atoms with Crippen LogP contribution in [0, 0.1) is 0 Å². The van der Waals surface area contributed by atoms with Gasteiger partial charge in [-0.25, -0.2) is 0 Å². The van der Waals surface area contributed by atoms with Gasteiger partial charge in [0, 0.05) is 0 Å². The molecule has 0 saturated heterocycles. The van der Waals surface area contributed by atoms with Crippen LogP contribution >= 0.6 is 0 Å². The van der Waals surface area contributed by atoms with Crippen LogP contribution in [-0.4, -0.2) is 24.4 Å². The van der Waals surface area contributed by atoms with Crippen LogP contribution in [0.1, 0.15) is 6.92 Å². The smallest absolute Gasteiger partial charge is 0.105 e. The average Bonchev–Trinajstić information content (AvgIpc) is 1.83. The minimum absolute atomic E-state index is 0.0483. The van der Waals surface area contributed by atoms with E-state index in [1.165, 1.54) is 0 Å². The molecule has 0 bridgehead atoms. The summed E-state index contributed by atoms with van der Waals surface area (Å²) < 4.78 is 4.92. The van der Waals surface area contributed by atoms with Crippen LogP contribution < -0.4 is 5.73 Å². The first kappa shape index (κ1) is 8.46. The molecule has 0 aromatic carbocycles. The number of rotatable bonds is 4. The molecule has 9 heavy (non-hydrogen) atoms. The fourth-order valence-electron chi connectivity index (χ4n) is 0.302. The molecule has 0 aliphatic carbocycles. The van der Waals surface area contributed by atoms with Crippen molar-refractivity contribution in [3.05, 3.63) is 12.3 Å². The molecular weight excluding hydrogens is 118 g/mol. The number of hydrogen-bond acceptors (Lipinski definition) is 3. The van der Waals surface area contributed by atoms with E-state index in [2.05, 4.69) is 6.58 Å². The van der Waals surface area contributed by atoms with E-state index in [1.807, 2.05) is 0 Å². The third-order valence-electron chi connectivity index (χ3n) is 0.778. The monoisotopic (exact) mass is 131 g/mol. The molecule has 3 N–H and O–H groups in total. The molecule has 0 saturated carbocycles. The topological polar surface area (TPSA) is 55.5 Å². The summed E-state index contributed by atoms with van der Waals surface area (Å²) in [7, 11) is 0. The van der Waals surface area contributed by atoms with Gasteiger partial charge in [0.2, 0.25) is 0 Å². The summed E-state index contributed by atoms with van der Waals surface area (Å²) in [4.78, 5) is 0. The molecule has 0 aromatic rings. The van der Waals surface area contributed by atoms with Gasteiger partial charge in [0.1, 0.15) is 6.61 Å². The second-order valence-corrected chi connectivity index (χ2v) is 1.96. The third-order valence-corrected chi connectivity index (χ3v) is 0.778. The van der Waals surface area contributed by atoms with E-state index < -0.39 is 0 Å². The SMILES string of the molecule is C=C(C)OCC(N)CO. The Morgan fingerprint density at radius 2 is 2.44 bits per heavy atom. The Labute approximate surface area is 55.1 Å². The van der Waals surface area contributed by atoms with Gasteiger partial charge < -0.3 is 15.6 Å². The summed E-state index contributed by atoms with van der Waals surface area (Å²) in [5, 5.41) is 8.41. The highest BCUT2D eigenvalue weighted by Crippen LogP contribution is 1.90. The molecule has 1 atom stereocenters. The minimum Gasteiger partial charge on any atom is -0.497 e. The Morgan fingerprint density at radius 1 is 1.89 bits per heavy atom. The quantitative estimate of drug-likeness (QED) is 0.522. The van der Waals surface area contributed by atoms with Crippen molar-refractivity contribution in [1.82, 2.24) is 0 Å². The first-order chi connectivity index (χ1) is 4.16. The summed E-state index contributed by atoms with van der Waals surface area (Å²) in [6.07, 6.45) is 0. The summed E-state index contributed by atoms with van der Waals surface area (Å²) in [6, 6.07) is -0.290. The average molecular weight is 131 g/mol. The van der Waals surface area contributed by atoms with E-state index in [-0.39, 0.29) is 12.6 Å². The van der Waals surface area contributed by atoms with Gasteiger partial charge in [-0.2, -0.15) is 0 Å². The molecule has 0 heterocycles. The number of ether oxygens (including phenoxy) is 1. The Hall–Kier alpha value is -0.540. The standard InChI is InChI=1S/C6H13NO2/c1-5(2)9-4-6(7)3-8/h6,8H,1,3-4,7H2,2H3. The molecule has 0 spiro atoms. The van der Waals surface area contributed by atoms with Crippen LogP contribution in [0.4, 0.5) is 0 Å². The molecule has 0 aliphatic heterocycles. The second kappa shape index (κ2) is 4.35. The lowest BCUT2D eigenvalue weighted by Gasteiger charge is -2.08. The largest absolute Gasteiger partial charge is 0.497 e.